The Kier molecular flexibility index (Phi) is 6.32. The van der Waals surface area contributed by atoms with Crippen LogP contribution in [-0.2, 0) is 25.7 Å². The molecule has 1 rings (SSSR count). The fourth-order valence-corrected chi connectivity index (χ4v) is 1.73. The lowest BCUT2D eigenvalue weighted by Crippen LogP contribution is -2.27. The number of para-hydroxylation sites is 1. The molecule has 1 aromatic rings. The molecule has 0 saturated heterocycles. The first-order valence-electron chi connectivity index (χ1n) is 6.56. The number of esters is 2. The van der Waals surface area contributed by atoms with E-state index in [1.807, 2.05) is 0 Å². The zero-order valence-electron chi connectivity index (χ0n) is 11.9. The van der Waals surface area contributed by atoms with E-state index in [-0.39, 0.29) is 30.9 Å². The molecule has 1 aromatic carbocycles. The van der Waals surface area contributed by atoms with E-state index in [9.17, 15) is 19.7 Å². The number of ether oxygens (including phenoxy) is 2. The number of nitro groups is 1. The summed E-state index contributed by atoms with van der Waals surface area (Å²) < 4.78 is 9.78. The maximum Gasteiger partial charge on any atom is 0.320 e. The summed E-state index contributed by atoms with van der Waals surface area (Å²) in [6.45, 7) is 3.22. The first kappa shape index (κ1) is 16.6. The fourth-order valence-electron chi connectivity index (χ4n) is 1.73. The van der Waals surface area contributed by atoms with Crippen molar-refractivity contribution >= 4 is 17.6 Å². The standard InChI is InChI=1S/C14H17NO6/c1-3-11(13(16)20-4-2)14(17)21-9-10-7-5-6-8-12(10)15(18)19/h5-8,11H,3-4,9H2,1-2H3. The van der Waals surface area contributed by atoms with Crippen molar-refractivity contribution in [2.45, 2.75) is 26.9 Å². The van der Waals surface area contributed by atoms with E-state index < -0.39 is 22.8 Å². The zero-order valence-corrected chi connectivity index (χ0v) is 11.9. The molecule has 0 saturated carbocycles. The van der Waals surface area contributed by atoms with Gasteiger partial charge in [-0.25, -0.2) is 0 Å². The van der Waals surface area contributed by atoms with Crippen molar-refractivity contribution in [3.05, 3.63) is 39.9 Å². The highest BCUT2D eigenvalue weighted by Crippen LogP contribution is 2.19. The molecule has 0 spiro atoms. The average Bonchev–Trinajstić information content (AvgIpc) is 2.46. The second kappa shape index (κ2) is 7.98. The summed E-state index contributed by atoms with van der Waals surface area (Å²) in [5.41, 5.74) is 0.143. The molecule has 0 heterocycles. The second-order valence-corrected chi connectivity index (χ2v) is 4.21. The summed E-state index contributed by atoms with van der Waals surface area (Å²) >= 11 is 0. The summed E-state index contributed by atoms with van der Waals surface area (Å²) in [5.74, 6) is -2.39. The molecular weight excluding hydrogens is 278 g/mol. The average molecular weight is 295 g/mol. The van der Waals surface area contributed by atoms with Crippen LogP contribution in [0.15, 0.2) is 24.3 Å². The Morgan fingerprint density at radius 3 is 2.38 bits per heavy atom. The minimum absolute atomic E-state index is 0.130. The van der Waals surface area contributed by atoms with Crippen LogP contribution in [0.3, 0.4) is 0 Å². The van der Waals surface area contributed by atoms with Crippen molar-refractivity contribution in [1.29, 1.82) is 0 Å². The highest BCUT2D eigenvalue weighted by Gasteiger charge is 2.28. The minimum Gasteiger partial charge on any atom is -0.465 e. The van der Waals surface area contributed by atoms with Crippen LogP contribution in [-0.4, -0.2) is 23.5 Å². The van der Waals surface area contributed by atoms with E-state index in [1.54, 1.807) is 19.9 Å². The van der Waals surface area contributed by atoms with E-state index in [4.69, 9.17) is 9.47 Å². The van der Waals surface area contributed by atoms with E-state index >= 15 is 0 Å². The highest BCUT2D eigenvalue weighted by atomic mass is 16.6. The lowest BCUT2D eigenvalue weighted by atomic mass is 10.1. The van der Waals surface area contributed by atoms with E-state index in [1.165, 1.54) is 18.2 Å². The van der Waals surface area contributed by atoms with Gasteiger partial charge in [-0.15, -0.1) is 0 Å². The van der Waals surface area contributed by atoms with Crippen molar-refractivity contribution in [2.24, 2.45) is 5.92 Å². The molecule has 0 aromatic heterocycles. The topological polar surface area (TPSA) is 95.7 Å². The molecule has 0 N–H and O–H groups in total. The van der Waals surface area contributed by atoms with Crippen LogP contribution in [0.1, 0.15) is 25.8 Å². The van der Waals surface area contributed by atoms with Gasteiger partial charge in [-0.3, -0.25) is 19.7 Å². The number of benzene rings is 1. The minimum atomic E-state index is -1.01. The lowest BCUT2D eigenvalue weighted by molar-refractivity contribution is -0.385. The summed E-state index contributed by atoms with van der Waals surface area (Å²) in [6, 6.07) is 5.96. The maximum absolute atomic E-state index is 11.9. The van der Waals surface area contributed by atoms with Gasteiger partial charge < -0.3 is 9.47 Å². The Balaban J connectivity index is 2.72. The normalized spacial score (nSPS) is 11.5. The number of nitro benzene ring substituents is 1. The van der Waals surface area contributed by atoms with Gasteiger partial charge >= 0.3 is 11.9 Å². The van der Waals surface area contributed by atoms with Crippen molar-refractivity contribution in [1.82, 2.24) is 0 Å². The highest BCUT2D eigenvalue weighted by molar-refractivity contribution is 5.94. The van der Waals surface area contributed by atoms with Gasteiger partial charge in [-0.2, -0.15) is 0 Å². The predicted molar refractivity (Wildman–Crippen MR) is 73.3 cm³/mol. The quantitative estimate of drug-likeness (QED) is 0.331. The van der Waals surface area contributed by atoms with Gasteiger partial charge in [0.2, 0.25) is 0 Å². The Morgan fingerprint density at radius 1 is 1.19 bits per heavy atom. The number of nitrogens with zero attached hydrogens (tertiary/aromatic N) is 1. The zero-order chi connectivity index (χ0) is 15.8. The number of hydrogen-bond donors (Lipinski definition) is 0. The van der Waals surface area contributed by atoms with Gasteiger partial charge in [0.1, 0.15) is 6.61 Å². The molecule has 0 aliphatic carbocycles. The van der Waals surface area contributed by atoms with Gasteiger partial charge in [0.15, 0.2) is 5.92 Å². The number of carbonyl (C=O) groups excluding carboxylic acids is 2. The van der Waals surface area contributed by atoms with Gasteiger partial charge in [0.25, 0.3) is 5.69 Å². The lowest BCUT2D eigenvalue weighted by Gasteiger charge is -2.13. The molecule has 0 radical (unpaired) electrons. The first-order valence-corrected chi connectivity index (χ1v) is 6.56. The summed E-state index contributed by atoms with van der Waals surface area (Å²) in [6.07, 6.45) is 0.245. The molecule has 114 valence electrons. The Labute approximate surface area is 122 Å². The van der Waals surface area contributed by atoms with Gasteiger partial charge in [-0.05, 0) is 19.4 Å². The van der Waals surface area contributed by atoms with E-state index in [0.717, 1.165) is 0 Å². The Bertz CT molecular complexity index is 528. The number of rotatable bonds is 7. The third-order valence-electron chi connectivity index (χ3n) is 2.82. The van der Waals surface area contributed by atoms with Crippen molar-refractivity contribution < 1.29 is 24.0 Å². The van der Waals surface area contributed by atoms with Crippen LogP contribution in [0, 0.1) is 16.0 Å². The second-order valence-electron chi connectivity index (χ2n) is 4.21. The molecule has 21 heavy (non-hydrogen) atoms. The summed E-state index contributed by atoms with van der Waals surface area (Å²) in [5, 5.41) is 10.8. The van der Waals surface area contributed by atoms with Crippen molar-refractivity contribution in [3.63, 3.8) is 0 Å². The van der Waals surface area contributed by atoms with Crippen LogP contribution >= 0.6 is 0 Å². The van der Waals surface area contributed by atoms with E-state index in [2.05, 4.69) is 0 Å². The molecule has 1 atom stereocenters. The third-order valence-corrected chi connectivity index (χ3v) is 2.82. The predicted octanol–water partition coefficient (Wildman–Crippen LogP) is 2.23. The van der Waals surface area contributed by atoms with Gasteiger partial charge in [0, 0.05) is 6.07 Å². The fraction of sp³-hybridized carbons (Fsp3) is 0.429. The largest absolute Gasteiger partial charge is 0.465 e. The van der Waals surface area contributed by atoms with Gasteiger partial charge in [-0.1, -0.05) is 19.1 Å². The van der Waals surface area contributed by atoms with E-state index in [0.29, 0.717) is 0 Å². The molecule has 0 aliphatic heterocycles. The molecular formula is C14H17NO6. The third kappa shape index (κ3) is 4.55. The maximum atomic E-state index is 11.9. The van der Waals surface area contributed by atoms with Crippen LogP contribution in [0.2, 0.25) is 0 Å². The molecule has 7 nitrogen and oxygen atoms in total. The Morgan fingerprint density at radius 2 is 1.81 bits per heavy atom. The van der Waals surface area contributed by atoms with Crippen LogP contribution < -0.4 is 0 Å². The Hall–Kier alpha value is -2.44. The van der Waals surface area contributed by atoms with Crippen LogP contribution in [0.4, 0.5) is 5.69 Å². The SMILES string of the molecule is CCOC(=O)C(CC)C(=O)OCc1ccccc1[N+](=O)[O-]. The van der Waals surface area contributed by atoms with Crippen molar-refractivity contribution in [2.75, 3.05) is 6.61 Å². The smallest absolute Gasteiger partial charge is 0.320 e. The summed E-state index contributed by atoms with van der Waals surface area (Å²) in [4.78, 5) is 33.7. The van der Waals surface area contributed by atoms with Crippen LogP contribution in [0.5, 0.6) is 0 Å². The molecule has 0 fully saturated rings. The molecule has 0 amide bonds. The first-order chi connectivity index (χ1) is 10.0. The molecule has 0 aliphatic rings. The number of carbonyl (C=O) groups is 2. The molecule has 1 unspecified atom stereocenters. The molecule has 7 heteroatoms. The van der Waals surface area contributed by atoms with Crippen molar-refractivity contribution in [3.8, 4) is 0 Å². The van der Waals surface area contributed by atoms with Gasteiger partial charge in [0.05, 0.1) is 17.1 Å². The number of hydrogen-bond acceptors (Lipinski definition) is 6. The summed E-state index contributed by atoms with van der Waals surface area (Å²) in [7, 11) is 0. The monoisotopic (exact) mass is 295 g/mol. The molecule has 0 bridgehead atoms. The van der Waals surface area contributed by atoms with Crippen LogP contribution in [0.25, 0.3) is 0 Å².